The molecule has 0 bridgehead atoms. The van der Waals surface area contributed by atoms with Gasteiger partial charge in [-0.05, 0) is 54.3 Å². The second-order valence-electron chi connectivity index (χ2n) is 13.6. The second kappa shape index (κ2) is 23.5. The molecule has 11 nitrogen and oxygen atoms in total. The van der Waals surface area contributed by atoms with Gasteiger partial charge in [0.1, 0.15) is 38.0 Å². The fraction of sp³-hybridized carbons (Fsp3) is 0.452. The van der Waals surface area contributed by atoms with Gasteiger partial charge >= 0.3 is 23.9 Å². The molecular formula is C42H54N2O9. The molecule has 1 amide bonds. The lowest BCUT2D eigenvalue weighted by Gasteiger charge is -2.25. The summed E-state index contributed by atoms with van der Waals surface area (Å²) in [5.41, 5.74) is 2.44. The van der Waals surface area contributed by atoms with Crippen LogP contribution in [-0.4, -0.2) is 54.5 Å². The summed E-state index contributed by atoms with van der Waals surface area (Å²) in [7, 11) is 0. The average Bonchev–Trinajstić information content (AvgIpc) is 3.16. The Bertz CT molecular complexity index is 1540. The zero-order valence-electron chi connectivity index (χ0n) is 31.3. The van der Waals surface area contributed by atoms with E-state index in [9.17, 15) is 24.0 Å². The molecule has 3 aromatic rings. The van der Waals surface area contributed by atoms with E-state index in [1.165, 1.54) is 0 Å². The molecule has 0 saturated carbocycles. The first-order valence-electron chi connectivity index (χ1n) is 18.3. The lowest BCUT2D eigenvalue weighted by atomic mass is 9.96. The average molecular weight is 731 g/mol. The molecule has 0 aliphatic rings. The first kappa shape index (κ1) is 42.4. The maximum absolute atomic E-state index is 13.1. The first-order valence-corrected chi connectivity index (χ1v) is 18.3. The molecular weight excluding hydrogens is 676 g/mol. The number of carbonyl (C=O) groups excluding carboxylic acids is 5. The van der Waals surface area contributed by atoms with E-state index in [0.717, 1.165) is 16.7 Å². The van der Waals surface area contributed by atoms with Gasteiger partial charge in [0.15, 0.2) is 0 Å². The molecule has 11 heteroatoms. The number of esters is 4. The number of carbonyl (C=O) groups is 5. The van der Waals surface area contributed by atoms with Gasteiger partial charge in [-0.25, -0.2) is 4.79 Å². The Kier molecular flexibility index (Phi) is 18.8. The van der Waals surface area contributed by atoms with Crippen LogP contribution in [0.1, 0.15) is 82.9 Å². The van der Waals surface area contributed by atoms with Gasteiger partial charge < -0.3 is 29.6 Å². The highest BCUT2D eigenvalue weighted by atomic mass is 16.5. The van der Waals surface area contributed by atoms with Gasteiger partial charge in [0.2, 0.25) is 5.91 Å². The van der Waals surface area contributed by atoms with Crippen molar-refractivity contribution in [1.82, 2.24) is 10.6 Å². The number of ether oxygens (including phenoxy) is 4. The molecule has 2 atom stereocenters. The maximum Gasteiger partial charge on any atom is 0.328 e. The summed E-state index contributed by atoms with van der Waals surface area (Å²) < 4.78 is 22.1. The monoisotopic (exact) mass is 730 g/mol. The third-order valence-corrected chi connectivity index (χ3v) is 8.42. The Labute approximate surface area is 313 Å². The van der Waals surface area contributed by atoms with Crippen LogP contribution in [0.5, 0.6) is 0 Å². The minimum absolute atomic E-state index is 0.00879. The molecule has 0 fully saturated rings. The molecule has 53 heavy (non-hydrogen) atoms. The van der Waals surface area contributed by atoms with Crippen molar-refractivity contribution in [2.24, 2.45) is 11.8 Å². The van der Waals surface area contributed by atoms with Crippen molar-refractivity contribution in [3.05, 3.63) is 108 Å². The van der Waals surface area contributed by atoms with E-state index in [1.807, 2.05) is 119 Å². The molecule has 0 heterocycles. The lowest BCUT2D eigenvalue weighted by molar-refractivity contribution is -0.155. The Morgan fingerprint density at radius 1 is 0.547 bits per heavy atom. The first-order chi connectivity index (χ1) is 25.5. The molecule has 0 aliphatic carbocycles. The smallest absolute Gasteiger partial charge is 0.328 e. The number of nitrogens with one attached hydrogen (secondary N) is 2. The summed E-state index contributed by atoms with van der Waals surface area (Å²) in [5.74, 6) is -2.22. The molecule has 2 N–H and O–H groups in total. The van der Waals surface area contributed by atoms with E-state index >= 15 is 0 Å². The Balaban J connectivity index is 1.54. The summed E-state index contributed by atoms with van der Waals surface area (Å²) in [5, 5.41) is 5.84. The zero-order valence-corrected chi connectivity index (χ0v) is 31.3. The van der Waals surface area contributed by atoms with Crippen molar-refractivity contribution in [3.8, 4) is 0 Å². The summed E-state index contributed by atoms with van der Waals surface area (Å²) >= 11 is 0. The Morgan fingerprint density at radius 3 is 1.47 bits per heavy atom. The number of rotatable bonds is 23. The molecule has 0 saturated heterocycles. The normalized spacial score (nSPS) is 12.2. The third-order valence-electron chi connectivity index (χ3n) is 8.42. The van der Waals surface area contributed by atoms with Crippen molar-refractivity contribution in [2.75, 3.05) is 6.54 Å². The fourth-order valence-electron chi connectivity index (χ4n) is 5.59. The van der Waals surface area contributed by atoms with Crippen LogP contribution in [0.15, 0.2) is 91.0 Å². The molecule has 0 aromatic heterocycles. The van der Waals surface area contributed by atoms with Crippen LogP contribution in [-0.2, 0) is 62.7 Å². The highest BCUT2D eigenvalue weighted by Crippen LogP contribution is 2.18. The van der Waals surface area contributed by atoms with Crippen molar-refractivity contribution in [3.63, 3.8) is 0 Å². The number of hydrogen-bond donors (Lipinski definition) is 2. The predicted octanol–water partition coefficient (Wildman–Crippen LogP) is 6.22. The van der Waals surface area contributed by atoms with Gasteiger partial charge in [0, 0.05) is 19.3 Å². The lowest BCUT2D eigenvalue weighted by Crippen LogP contribution is -2.43. The quantitative estimate of drug-likeness (QED) is 0.0655. The minimum atomic E-state index is -1.07. The molecule has 3 aromatic carbocycles. The van der Waals surface area contributed by atoms with Gasteiger partial charge in [-0.2, -0.15) is 0 Å². The van der Waals surface area contributed by atoms with Gasteiger partial charge in [0.05, 0.1) is 0 Å². The van der Waals surface area contributed by atoms with E-state index < -0.39 is 41.9 Å². The van der Waals surface area contributed by atoms with Crippen LogP contribution < -0.4 is 10.6 Å². The number of benzene rings is 3. The van der Waals surface area contributed by atoms with Crippen molar-refractivity contribution >= 4 is 29.8 Å². The summed E-state index contributed by atoms with van der Waals surface area (Å²) in [6, 6.07) is 25.8. The van der Waals surface area contributed by atoms with Gasteiger partial charge in [-0.15, -0.1) is 0 Å². The molecule has 0 aliphatic heterocycles. The van der Waals surface area contributed by atoms with Crippen LogP contribution in [0, 0.1) is 11.8 Å². The fourth-order valence-corrected chi connectivity index (χ4v) is 5.59. The van der Waals surface area contributed by atoms with Crippen LogP contribution in [0.3, 0.4) is 0 Å². The topological polar surface area (TPSA) is 146 Å². The zero-order chi connectivity index (χ0) is 38.4. The standard InChI is InChI=1S/C42H54N2O9/c1-30(2)40(31(3)4)53-39(47)25-22-35(41(48)51-28-33-17-10-6-11-18-33)43-26-14-21-37(45)44-36(42(49)52-29-34-19-12-7-13-20-34)23-24-38(46)50-27-32-15-8-5-9-16-32/h5-13,15-20,30-31,35-36,40,43H,14,21-29H2,1-4H3,(H,44,45)/t35-,36-/m0/s1. The van der Waals surface area contributed by atoms with Gasteiger partial charge in [-0.3, -0.25) is 19.2 Å². The highest BCUT2D eigenvalue weighted by Gasteiger charge is 2.26. The minimum Gasteiger partial charge on any atom is -0.462 e. The van der Waals surface area contributed by atoms with Crippen LogP contribution in [0.2, 0.25) is 0 Å². The van der Waals surface area contributed by atoms with E-state index in [-0.39, 0.29) is 76.4 Å². The largest absolute Gasteiger partial charge is 0.462 e. The maximum atomic E-state index is 13.1. The second-order valence-corrected chi connectivity index (χ2v) is 13.6. The van der Waals surface area contributed by atoms with Crippen molar-refractivity contribution in [1.29, 1.82) is 0 Å². The summed E-state index contributed by atoms with van der Waals surface area (Å²) in [6.45, 7) is 8.43. The van der Waals surface area contributed by atoms with E-state index in [4.69, 9.17) is 18.9 Å². The Hall–Kier alpha value is -5.03. The van der Waals surface area contributed by atoms with Crippen molar-refractivity contribution in [2.45, 2.75) is 104 Å². The van der Waals surface area contributed by atoms with E-state index in [1.54, 1.807) is 0 Å². The van der Waals surface area contributed by atoms with Crippen molar-refractivity contribution < 1.29 is 42.9 Å². The molecule has 0 unspecified atom stereocenters. The van der Waals surface area contributed by atoms with Gasteiger partial charge in [-0.1, -0.05) is 119 Å². The summed E-state index contributed by atoms with van der Waals surface area (Å²) in [6.07, 6.45) is 0.136. The Morgan fingerprint density at radius 2 is 0.981 bits per heavy atom. The van der Waals surface area contributed by atoms with Gasteiger partial charge in [0.25, 0.3) is 0 Å². The van der Waals surface area contributed by atoms with Crippen LogP contribution >= 0.6 is 0 Å². The van der Waals surface area contributed by atoms with Crippen LogP contribution in [0.4, 0.5) is 0 Å². The van der Waals surface area contributed by atoms with Crippen LogP contribution in [0.25, 0.3) is 0 Å². The number of amides is 1. The number of hydrogen-bond acceptors (Lipinski definition) is 10. The van der Waals surface area contributed by atoms with E-state index in [2.05, 4.69) is 10.6 Å². The molecule has 0 spiro atoms. The molecule has 0 radical (unpaired) electrons. The molecule has 3 rings (SSSR count). The predicted molar refractivity (Wildman–Crippen MR) is 200 cm³/mol. The SMILES string of the molecule is CC(C)C(OC(=O)CC[C@H](NCCCC(=O)N[C@@H](CCC(=O)OCc1ccccc1)C(=O)OCc1ccccc1)C(=O)OCc1ccccc1)C(C)C. The highest BCUT2D eigenvalue weighted by molar-refractivity contribution is 5.85. The molecule has 286 valence electrons. The summed E-state index contributed by atoms with van der Waals surface area (Å²) in [4.78, 5) is 64.5. The van der Waals surface area contributed by atoms with E-state index in [0.29, 0.717) is 6.42 Å². The third kappa shape index (κ3) is 16.9.